The van der Waals surface area contributed by atoms with Crippen LogP contribution in [-0.2, 0) is 0 Å². The lowest BCUT2D eigenvalue weighted by atomic mass is 9.93. The Kier molecular flexibility index (Phi) is 3.94. The highest BCUT2D eigenvalue weighted by Crippen LogP contribution is 2.30. The van der Waals surface area contributed by atoms with Crippen LogP contribution in [0.3, 0.4) is 0 Å². The molecular weight excluding hydrogens is 232 g/mol. The molecule has 0 fully saturated rings. The van der Waals surface area contributed by atoms with E-state index in [0.717, 1.165) is 0 Å². The highest BCUT2D eigenvalue weighted by atomic mass is 32.1. The van der Waals surface area contributed by atoms with E-state index in [1.807, 2.05) is 0 Å². The second kappa shape index (κ2) is 5.02. The predicted molar refractivity (Wildman–Crippen MR) is 60.0 cm³/mol. The molecule has 1 aromatic heterocycles. The van der Waals surface area contributed by atoms with Crippen molar-refractivity contribution in [3.63, 3.8) is 0 Å². The van der Waals surface area contributed by atoms with E-state index in [2.05, 4.69) is 0 Å². The third-order valence-corrected chi connectivity index (χ3v) is 3.55. The number of hydrogen-bond donors (Lipinski definition) is 0. The van der Waals surface area contributed by atoms with Gasteiger partial charge in [-0.2, -0.15) is 0 Å². The lowest BCUT2D eigenvalue weighted by Crippen LogP contribution is -2.35. The van der Waals surface area contributed by atoms with Crippen LogP contribution in [0.15, 0.2) is 17.5 Å². The lowest BCUT2D eigenvalue weighted by Gasteiger charge is -2.17. The van der Waals surface area contributed by atoms with E-state index in [1.165, 1.54) is 25.2 Å². The maximum Gasteiger partial charge on any atom is 0.224 e. The van der Waals surface area contributed by atoms with Crippen LogP contribution in [0.5, 0.6) is 0 Å². The van der Waals surface area contributed by atoms with Crippen molar-refractivity contribution in [1.29, 1.82) is 0 Å². The molecule has 6 nitrogen and oxygen atoms in total. The first-order chi connectivity index (χ1) is 7.45. The van der Waals surface area contributed by atoms with Gasteiger partial charge in [-0.3, -0.25) is 20.2 Å². The van der Waals surface area contributed by atoms with Gasteiger partial charge in [0.25, 0.3) is 0 Å². The zero-order valence-corrected chi connectivity index (χ0v) is 9.72. The predicted octanol–water partition coefficient (Wildman–Crippen LogP) is 2.16. The normalized spacial score (nSPS) is 14.7. The van der Waals surface area contributed by atoms with Gasteiger partial charge in [0.1, 0.15) is 5.92 Å². The van der Waals surface area contributed by atoms with Crippen LogP contribution in [0.1, 0.15) is 24.6 Å². The minimum atomic E-state index is -0.959. The summed E-state index contributed by atoms with van der Waals surface area (Å²) in [5.74, 6) is -0.676. The largest absolute Gasteiger partial charge is 0.264 e. The smallest absolute Gasteiger partial charge is 0.224 e. The Morgan fingerprint density at radius 2 is 1.69 bits per heavy atom. The molecule has 2 atom stereocenters. The van der Waals surface area contributed by atoms with Crippen molar-refractivity contribution in [2.24, 2.45) is 0 Å². The van der Waals surface area contributed by atoms with Gasteiger partial charge >= 0.3 is 0 Å². The molecule has 0 aromatic carbocycles. The van der Waals surface area contributed by atoms with Gasteiger partial charge in [0.05, 0.1) is 0 Å². The fraction of sp³-hybridized carbons (Fsp3) is 0.556. The van der Waals surface area contributed by atoms with E-state index in [9.17, 15) is 20.2 Å². The maximum atomic E-state index is 10.8. The van der Waals surface area contributed by atoms with Gasteiger partial charge < -0.3 is 0 Å². The molecule has 7 heteroatoms. The van der Waals surface area contributed by atoms with Gasteiger partial charge in [-0.1, -0.05) is 6.07 Å². The Bertz CT molecular complexity index is 359. The molecule has 88 valence electrons. The van der Waals surface area contributed by atoms with Crippen molar-refractivity contribution in [3.05, 3.63) is 42.6 Å². The minimum absolute atomic E-state index is 0.468. The molecule has 1 rings (SSSR count). The average molecular weight is 244 g/mol. The Morgan fingerprint density at radius 1 is 1.19 bits per heavy atom. The summed E-state index contributed by atoms with van der Waals surface area (Å²) >= 11 is 1.31. The van der Waals surface area contributed by atoms with Crippen LogP contribution in [0.25, 0.3) is 0 Å². The summed E-state index contributed by atoms with van der Waals surface area (Å²) in [4.78, 5) is 21.3. The molecule has 0 aliphatic heterocycles. The zero-order chi connectivity index (χ0) is 12.3. The van der Waals surface area contributed by atoms with Crippen molar-refractivity contribution < 1.29 is 9.85 Å². The second-order valence-corrected chi connectivity index (χ2v) is 4.57. The average Bonchev–Trinajstić information content (AvgIpc) is 2.70. The van der Waals surface area contributed by atoms with Crippen molar-refractivity contribution in [2.45, 2.75) is 31.8 Å². The fourth-order valence-electron chi connectivity index (χ4n) is 1.62. The van der Waals surface area contributed by atoms with Crippen LogP contribution < -0.4 is 0 Å². The summed E-state index contributed by atoms with van der Waals surface area (Å²) in [6.07, 6.45) is 0. The van der Waals surface area contributed by atoms with E-state index in [4.69, 9.17) is 0 Å². The molecule has 0 aliphatic rings. The SMILES string of the molecule is C[C@@H](C(c1cccs1)[C@H](C)[N+](=O)[O-])[N+](=O)[O-]. The lowest BCUT2D eigenvalue weighted by molar-refractivity contribution is -0.561. The summed E-state index contributed by atoms with van der Waals surface area (Å²) < 4.78 is 0. The molecule has 1 aromatic rings. The van der Waals surface area contributed by atoms with Gasteiger partial charge in [-0.15, -0.1) is 11.3 Å². The van der Waals surface area contributed by atoms with E-state index < -0.39 is 27.8 Å². The van der Waals surface area contributed by atoms with E-state index >= 15 is 0 Å². The van der Waals surface area contributed by atoms with Crippen LogP contribution in [0, 0.1) is 20.2 Å². The molecule has 0 aliphatic carbocycles. The molecule has 1 heterocycles. The molecule has 0 radical (unpaired) electrons. The third kappa shape index (κ3) is 2.54. The van der Waals surface area contributed by atoms with E-state index in [-0.39, 0.29) is 0 Å². The van der Waals surface area contributed by atoms with Gasteiger partial charge in [0, 0.05) is 28.6 Å². The quantitative estimate of drug-likeness (QED) is 0.586. The summed E-state index contributed by atoms with van der Waals surface area (Å²) in [5, 5.41) is 23.3. The summed E-state index contributed by atoms with van der Waals surface area (Å²) in [6.45, 7) is 2.81. The van der Waals surface area contributed by atoms with Gasteiger partial charge in [0.2, 0.25) is 12.1 Å². The summed E-state index contributed by atoms with van der Waals surface area (Å²) in [6, 6.07) is 1.53. The first kappa shape index (κ1) is 12.6. The number of rotatable bonds is 5. The van der Waals surface area contributed by atoms with Crippen molar-refractivity contribution in [3.8, 4) is 0 Å². The van der Waals surface area contributed by atoms with Crippen LogP contribution in [0.4, 0.5) is 0 Å². The van der Waals surface area contributed by atoms with E-state index in [1.54, 1.807) is 17.5 Å². The van der Waals surface area contributed by atoms with Gasteiger partial charge in [0.15, 0.2) is 0 Å². The van der Waals surface area contributed by atoms with Crippen LogP contribution in [-0.4, -0.2) is 21.9 Å². The molecular formula is C9H12N2O4S. The molecule has 0 unspecified atom stereocenters. The summed E-state index contributed by atoms with van der Waals surface area (Å²) in [5.41, 5.74) is 0. The molecule has 0 saturated carbocycles. The molecule has 0 N–H and O–H groups in total. The molecule has 0 spiro atoms. The van der Waals surface area contributed by atoms with Crippen LogP contribution >= 0.6 is 11.3 Å². The second-order valence-electron chi connectivity index (χ2n) is 3.59. The fourth-order valence-corrected chi connectivity index (χ4v) is 2.64. The number of thiophene rings is 1. The Morgan fingerprint density at radius 3 is 2.00 bits per heavy atom. The number of hydrogen-bond acceptors (Lipinski definition) is 5. The van der Waals surface area contributed by atoms with Gasteiger partial charge in [-0.25, -0.2) is 0 Å². The summed E-state index contributed by atoms with van der Waals surface area (Å²) in [7, 11) is 0. The Hall–Kier alpha value is -1.50. The molecule has 0 bridgehead atoms. The Balaban J connectivity index is 3.03. The monoisotopic (exact) mass is 244 g/mol. The highest BCUT2D eigenvalue weighted by molar-refractivity contribution is 7.10. The first-order valence-electron chi connectivity index (χ1n) is 4.75. The van der Waals surface area contributed by atoms with Crippen molar-refractivity contribution in [1.82, 2.24) is 0 Å². The third-order valence-electron chi connectivity index (χ3n) is 2.58. The van der Waals surface area contributed by atoms with Gasteiger partial charge in [-0.05, 0) is 11.4 Å². The minimum Gasteiger partial charge on any atom is -0.264 e. The van der Waals surface area contributed by atoms with Crippen molar-refractivity contribution in [2.75, 3.05) is 0 Å². The Labute approximate surface area is 96.2 Å². The number of nitrogens with zero attached hydrogens (tertiary/aromatic N) is 2. The standard InChI is InChI=1S/C9H12N2O4S/c1-6(10(12)13)9(7(2)11(14)15)8-4-3-5-16-8/h3-7,9H,1-2H3/t6-,7-/m0/s1. The molecule has 0 amide bonds. The van der Waals surface area contributed by atoms with Crippen molar-refractivity contribution >= 4 is 11.3 Å². The first-order valence-corrected chi connectivity index (χ1v) is 5.63. The number of nitro groups is 2. The molecule has 0 saturated heterocycles. The zero-order valence-electron chi connectivity index (χ0n) is 8.90. The highest BCUT2D eigenvalue weighted by Gasteiger charge is 2.40. The van der Waals surface area contributed by atoms with Crippen LogP contribution in [0.2, 0.25) is 0 Å². The molecule has 16 heavy (non-hydrogen) atoms. The van der Waals surface area contributed by atoms with E-state index in [0.29, 0.717) is 4.88 Å². The maximum absolute atomic E-state index is 10.8. The topological polar surface area (TPSA) is 86.3 Å².